The molecule has 2 N–H and O–H groups in total. The van der Waals surface area contributed by atoms with Gasteiger partial charge in [-0.15, -0.1) is 0 Å². The molecule has 6 nitrogen and oxygen atoms in total. The molecule has 2 aromatic rings. The molecule has 1 aliphatic rings. The highest BCUT2D eigenvalue weighted by Crippen LogP contribution is 2.25. The second kappa shape index (κ2) is 7.27. The minimum Gasteiger partial charge on any atom is -0.369 e. The summed E-state index contributed by atoms with van der Waals surface area (Å²) in [5, 5.41) is 4.75. The van der Waals surface area contributed by atoms with E-state index in [1.807, 2.05) is 30.3 Å². The number of benzene rings is 1. The molecule has 132 valence electrons. The summed E-state index contributed by atoms with van der Waals surface area (Å²) < 4.78 is 1.63. The largest absolute Gasteiger partial charge is 0.369 e. The number of amides is 2. The Hall–Kier alpha value is -2.34. The van der Waals surface area contributed by atoms with Gasteiger partial charge in [-0.05, 0) is 25.3 Å². The van der Waals surface area contributed by atoms with Gasteiger partial charge in [-0.3, -0.25) is 9.59 Å². The van der Waals surface area contributed by atoms with Crippen LogP contribution in [0.5, 0.6) is 0 Å². The fraction of sp³-hybridized carbons (Fsp3) is 0.389. The van der Waals surface area contributed by atoms with Crippen molar-refractivity contribution in [3.05, 3.63) is 52.3 Å². The number of carbonyl (C=O) groups excluding carboxylic acids is 2. The van der Waals surface area contributed by atoms with Crippen molar-refractivity contribution in [1.29, 1.82) is 0 Å². The number of likely N-dealkylation sites (tertiary alicyclic amines) is 1. The average Bonchev–Trinajstić information content (AvgIpc) is 2.89. The summed E-state index contributed by atoms with van der Waals surface area (Å²) in [5.41, 5.74) is 7.45. The molecular formula is C18H21ClN4O2. The van der Waals surface area contributed by atoms with E-state index in [0.717, 1.165) is 18.4 Å². The van der Waals surface area contributed by atoms with Crippen LogP contribution in [0, 0.1) is 12.8 Å². The lowest BCUT2D eigenvalue weighted by molar-refractivity contribution is -0.123. The fourth-order valence-corrected chi connectivity index (χ4v) is 3.52. The number of carbonyl (C=O) groups is 2. The van der Waals surface area contributed by atoms with Crippen LogP contribution < -0.4 is 5.73 Å². The molecule has 1 fully saturated rings. The number of nitrogens with two attached hydrogens (primary N) is 1. The van der Waals surface area contributed by atoms with Crippen molar-refractivity contribution < 1.29 is 9.59 Å². The molecule has 2 amide bonds. The molecular weight excluding hydrogens is 340 g/mol. The van der Waals surface area contributed by atoms with Crippen molar-refractivity contribution in [3.63, 3.8) is 0 Å². The van der Waals surface area contributed by atoms with Crippen LogP contribution >= 0.6 is 11.6 Å². The maximum atomic E-state index is 12.9. The molecule has 3 rings (SSSR count). The Balaban J connectivity index is 1.82. The van der Waals surface area contributed by atoms with Crippen molar-refractivity contribution in [1.82, 2.24) is 14.7 Å². The van der Waals surface area contributed by atoms with Gasteiger partial charge in [0.15, 0.2) is 0 Å². The van der Waals surface area contributed by atoms with Gasteiger partial charge in [0.1, 0.15) is 5.15 Å². The van der Waals surface area contributed by atoms with E-state index in [9.17, 15) is 9.59 Å². The van der Waals surface area contributed by atoms with Gasteiger partial charge < -0.3 is 10.6 Å². The zero-order chi connectivity index (χ0) is 18.0. The molecule has 7 heteroatoms. The van der Waals surface area contributed by atoms with Gasteiger partial charge in [-0.2, -0.15) is 5.10 Å². The highest BCUT2D eigenvalue weighted by molar-refractivity contribution is 6.33. The van der Waals surface area contributed by atoms with Crippen LogP contribution in [0.15, 0.2) is 30.3 Å². The van der Waals surface area contributed by atoms with Crippen molar-refractivity contribution >= 4 is 23.4 Å². The Labute approximate surface area is 151 Å². The average molecular weight is 361 g/mol. The molecule has 1 aliphatic heterocycles. The topological polar surface area (TPSA) is 81.2 Å². The first-order chi connectivity index (χ1) is 12.0. The number of hydrogen-bond acceptors (Lipinski definition) is 3. The highest BCUT2D eigenvalue weighted by Gasteiger charge is 2.31. The van der Waals surface area contributed by atoms with E-state index in [4.69, 9.17) is 17.3 Å². The van der Waals surface area contributed by atoms with E-state index in [1.54, 1.807) is 16.5 Å². The third kappa shape index (κ3) is 3.69. The number of primary amides is 1. The summed E-state index contributed by atoms with van der Waals surface area (Å²) in [6.45, 7) is 3.21. The lowest BCUT2D eigenvalue weighted by Crippen LogP contribution is -2.44. The monoisotopic (exact) mass is 360 g/mol. The summed E-state index contributed by atoms with van der Waals surface area (Å²) in [6, 6.07) is 9.81. The Morgan fingerprint density at radius 1 is 1.32 bits per heavy atom. The van der Waals surface area contributed by atoms with Crippen molar-refractivity contribution in [3.8, 4) is 0 Å². The lowest BCUT2D eigenvalue weighted by atomic mass is 9.97. The van der Waals surface area contributed by atoms with E-state index in [1.165, 1.54) is 0 Å². The second-order valence-corrected chi connectivity index (χ2v) is 6.75. The summed E-state index contributed by atoms with van der Waals surface area (Å²) in [4.78, 5) is 26.0. The zero-order valence-electron chi connectivity index (χ0n) is 14.1. The third-order valence-corrected chi connectivity index (χ3v) is 4.95. The maximum absolute atomic E-state index is 12.9. The Kier molecular flexibility index (Phi) is 5.08. The molecule has 2 heterocycles. The van der Waals surface area contributed by atoms with Crippen LogP contribution in [0.1, 0.15) is 34.5 Å². The summed E-state index contributed by atoms with van der Waals surface area (Å²) in [7, 11) is 0. The number of halogens is 1. The molecule has 0 unspecified atom stereocenters. The predicted octanol–water partition coefficient (Wildman–Crippen LogP) is 2.23. The molecule has 1 saturated heterocycles. The van der Waals surface area contributed by atoms with Gasteiger partial charge in [0.05, 0.1) is 23.7 Å². The summed E-state index contributed by atoms with van der Waals surface area (Å²) in [5.74, 6) is -0.844. The molecule has 1 atom stereocenters. The van der Waals surface area contributed by atoms with Gasteiger partial charge in [-0.25, -0.2) is 4.68 Å². The number of nitrogens with zero attached hydrogens (tertiary/aromatic N) is 3. The summed E-state index contributed by atoms with van der Waals surface area (Å²) >= 11 is 6.45. The first kappa shape index (κ1) is 17.5. The molecule has 0 spiro atoms. The summed E-state index contributed by atoms with van der Waals surface area (Å²) in [6.07, 6.45) is 1.48. The minimum atomic E-state index is -0.361. The maximum Gasteiger partial charge on any atom is 0.258 e. The third-order valence-electron chi connectivity index (χ3n) is 4.57. The van der Waals surface area contributed by atoms with Gasteiger partial charge in [0.25, 0.3) is 5.91 Å². The van der Waals surface area contributed by atoms with E-state index >= 15 is 0 Å². The molecule has 0 bridgehead atoms. The Bertz CT molecular complexity index is 788. The Morgan fingerprint density at radius 3 is 2.72 bits per heavy atom. The van der Waals surface area contributed by atoms with Gasteiger partial charge >= 0.3 is 0 Å². The van der Waals surface area contributed by atoms with Crippen LogP contribution in [-0.4, -0.2) is 39.6 Å². The molecule has 1 aromatic carbocycles. The van der Waals surface area contributed by atoms with Crippen molar-refractivity contribution in [2.45, 2.75) is 26.3 Å². The van der Waals surface area contributed by atoms with Gasteiger partial charge in [0.2, 0.25) is 5.91 Å². The normalized spacial score (nSPS) is 17.5. The van der Waals surface area contributed by atoms with Crippen LogP contribution in [0.25, 0.3) is 0 Å². The first-order valence-electron chi connectivity index (χ1n) is 8.32. The predicted molar refractivity (Wildman–Crippen MR) is 95.3 cm³/mol. The van der Waals surface area contributed by atoms with Crippen LogP contribution in [0.3, 0.4) is 0 Å². The zero-order valence-corrected chi connectivity index (χ0v) is 14.9. The molecule has 0 saturated carbocycles. The SMILES string of the molecule is Cc1nn(Cc2ccccc2)c(Cl)c1C(=O)N1CCC[C@@H](C(N)=O)C1. The Morgan fingerprint density at radius 2 is 2.04 bits per heavy atom. The molecule has 1 aromatic heterocycles. The van der Waals surface area contributed by atoms with E-state index in [2.05, 4.69) is 5.10 Å². The van der Waals surface area contributed by atoms with E-state index in [0.29, 0.717) is 36.0 Å². The highest BCUT2D eigenvalue weighted by atomic mass is 35.5. The fourth-order valence-electron chi connectivity index (χ4n) is 3.21. The van der Waals surface area contributed by atoms with Gasteiger partial charge in [0, 0.05) is 13.1 Å². The number of aromatic nitrogens is 2. The number of rotatable bonds is 4. The standard InChI is InChI=1S/C18H21ClN4O2/c1-12-15(18(25)22-9-5-8-14(11-22)17(20)24)16(19)23(21-12)10-13-6-3-2-4-7-13/h2-4,6-7,14H,5,8-11H2,1H3,(H2,20,24)/t14-/m1/s1. The second-order valence-electron chi connectivity index (χ2n) is 6.39. The van der Waals surface area contributed by atoms with Crippen LogP contribution in [0.2, 0.25) is 5.15 Å². The van der Waals surface area contributed by atoms with E-state index in [-0.39, 0.29) is 17.7 Å². The molecule has 0 radical (unpaired) electrons. The van der Waals surface area contributed by atoms with Gasteiger partial charge in [-0.1, -0.05) is 41.9 Å². The number of hydrogen-bond donors (Lipinski definition) is 1. The van der Waals surface area contributed by atoms with Crippen molar-refractivity contribution in [2.24, 2.45) is 11.7 Å². The molecule has 0 aliphatic carbocycles. The minimum absolute atomic E-state index is 0.187. The van der Waals surface area contributed by atoms with Crippen molar-refractivity contribution in [2.75, 3.05) is 13.1 Å². The first-order valence-corrected chi connectivity index (χ1v) is 8.70. The quantitative estimate of drug-likeness (QED) is 0.907. The van der Waals surface area contributed by atoms with Crippen LogP contribution in [-0.2, 0) is 11.3 Å². The smallest absolute Gasteiger partial charge is 0.258 e. The van der Waals surface area contributed by atoms with E-state index < -0.39 is 0 Å². The van der Waals surface area contributed by atoms with Crippen LogP contribution in [0.4, 0.5) is 0 Å². The lowest BCUT2D eigenvalue weighted by Gasteiger charge is -2.31. The number of aryl methyl sites for hydroxylation is 1. The molecule has 25 heavy (non-hydrogen) atoms. The number of piperidine rings is 1.